The largest absolute Gasteiger partial charge is 0.481 e. The number of carbonyl (C=O) groups is 2. The lowest BCUT2D eigenvalue weighted by Crippen LogP contribution is -2.32. The second-order valence-electron chi connectivity index (χ2n) is 4.75. The molecule has 0 aromatic rings. The first-order chi connectivity index (χ1) is 8.09. The molecular weight excluding hydrogens is 226 g/mol. The first kappa shape index (κ1) is 12.2. The van der Waals surface area contributed by atoms with Crippen molar-refractivity contribution in [2.24, 2.45) is 17.8 Å². The van der Waals surface area contributed by atoms with Crippen molar-refractivity contribution in [3.05, 3.63) is 0 Å². The zero-order chi connectivity index (χ0) is 12.4. The Hall–Kier alpha value is -1.30. The number of hydrogen-bond acceptors (Lipinski definition) is 3. The molecule has 2 N–H and O–H groups in total. The first-order valence-corrected chi connectivity index (χ1v) is 5.88. The van der Waals surface area contributed by atoms with E-state index in [1.165, 1.54) is 4.90 Å². The standard InChI is InChI=1S/C11H17NO5/c13-10(14)9-6-12(11(15)16)5-8(9)7-1-3-17-4-2-7/h7-9H,1-6H2,(H,13,14)(H,15,16)/t8-,9+/m1/s1. The predicted octanol–water partition coefficient (Wildman–Crippen LogP) is 0.724. The molecule has 2 saturated heterocycles. The molecular formula is C11H17NO5. The summed E-state index contributed by atoms with van der Waals surface area (Å²) in [5.41, 5.74) is 0. The maximum atomic E-state index is 11.2. The van der Waals surface area contributed by atoms with E-state index in [0.29, 0.717) is 19.8 Å². The number of carboxylic acid groups (broad SMARTS) is 2. The van der Waals surface area contributed by atoms with Gasteiger partial charge < -0.3 is 19.8 Å². The number of amides is 1. The lowest BCUT2D eigenvalue weighted by Gasteiger charge is -2.29. The highest BCUT2D eigenvalue weighted by Crippen LogP contribution is 2.35. The molecule has 0 bridgehead atoms. The van der Waals surface area contributed by atoms with Gasteiger partial charge in [-0.15, -0.1) is 0 Å². The van der Waals surface area contributed by atoms with Crippen LogP contribution in [0.2, 0.25) is 0 Å². The Labute approximate surface area is 99.2 Å². The summed E-state index contributed by atoms with van der Waals surface area (Å²) >= 11 is 0. The summed E-state index contributed by atoms with van der Waals surface area (Å²) in [5.74, 6) is -1.24. The van der Waals surface area contributed by atoms with Gasteiger partial charge in [0, 0.05) is 26.3 Å². The van der Waals surface area contributed by atoms with E-state index >= 15 is 0 Å². The quantitative estimate of drug-likeness (QED) is 0.746. The smallest absolute Gasteiger partial charge is 0.407 e. The Morgan fingerprint density at radius 2 is 1.76 bits per heavy atom. The molecule has 0 radical (unpaired) electrons. The number of ether oxygens (including phenoxy) is 1. The van der Waals surface area contributed by atoms with E-state index in [0.717, 1.165) is 12.8 Å². The highest BCUT2D eigenvalue weighted by molar-refractivity contribution is 5.74. The minimum absolute atomic E-state index is 0.0625. The molecule has 2 heterocycles. The number of aliphatic carboxylic acids is 1. The minimum atomic E-state index is -1.02. The predicted molar refractivity (Wildman–Crippen MR) is 57.8 cm³/mol. The number of carboxylic acids is 1. The summed E-state index contributed by atoms with van der Waals surface area (Å²) in [6, 6.07) is 0. The zero-order valence-electron chi connectivity index (χ0n) is 9.54. The van der Waals surface area contributed by atoms with E-state index in [1.54, 1.807) is 0 Å². The maximum Gasteiger partial charge on any atom is 0.407 e. The molecule has 0 aromatic carbocycles. The fourth-order valence-electron chi connectivity index (χ4n) is 2.87. The molecule has 0 unspecified atom stereocenters. The van der Waals surface area contributed by atoms with Crippen LogP contribution in [0.1, 0.15) is 12.8 Å². The first-order valence-electron chi connectivity index (χ1n) is 5.88. The Kier molecular flexibility index (Phi) is 3.51. The molecule has 0 aromatic heterocycles. The highest BCUT2D eigenvalue weighted by Gasteiger charge is 2.43. The fourth-order valence-corrected chi connectivity index (χ4v) is 2.87. The Morgan fingerprint density at radius 1 is 1.12 bits per heavy atom. The van der Waals surface area contributed by atoms with Crippen molar-refractivity contribution in [1.82, 2.24) is 4.90 Å². The van der Waals surface area contributed by atoms with Crippen molar-refractivity contribution in [3.63, 3.8) is 0 Å². The van der Waals surface area contributed by atoms with Crippen LogP contribution in [0.5, 0.6) is 0 Å². The number of likely N-dealkylation sites (tertiary alicyclic amines) is 1. The molecule has 2 aliphatic rings. The van der Waals surface area contributed by atoms with Crippen LogP contribution in [0.25, 0.3) is 0 Å². The lowest BCUT2D eigenvalue weighted by atomic mass is 9.80. The molecule has 2 aliphatic heterocycles. The summed E-state index contributed by atoms with van der Waals surface area (Å²) in [7, 11) is 0. The molecule has 0 aliphatic carbocycles. The van der Waals surface area contributed by atoms with Crippen molar-refractivity contribution in [2.45, 2.75) is 12.8 Å². The molecule has 2 rings (SSSR count). The van der Waals surface area contributed by atoms with E-state index in [-0.39, 0.29) is 18.4 Å². The normalized spacial score (nSPS) is 30.5. The third kappa shape index (κ3) is 2.52. The number of nitrogens with zero attached hydrogens (tertiary/aromatic N) is 1. The molecule has 17 heavy (non-hydrogen) atoms. The summed E-state index contributed by atoms with van der Waals surface area (Å²) in [6.45, 7) is 1.77. The van der Waals surface area contributed by atoms with E-state index in [2.05, 4.69) is 0 Å². The van der Waals surface area contributed by atoms with E-state index in [4.69, 9.17) is 14.9 Å². The third-order valence-corrected chi connectivity index (χ3v) is 3.82. The van der Waals surface area contributed by atoms with Gasteiger partial charge >= 0.3 is 12.1 Å². The van der Waals surface area contributed by atoms with E-state index < -0.39 is 18.0 Å². The molecule has 0 spiro atoms. The van der Waals surface area contributed by atoms with Crippen molar-refractivity contribution in [2.75, 3.05) is 26.3 Å². The van der Waals surface area contributed by atoms with Crippen LogP contribution in [0, 0.1) is 17.8 Å². The SMILES string of the molecule is O=C(O)[C@H]1CN(C(=O)O)C[C@@H]1C1CCOCC1. The van der Waals surface area contributed by atoms with Gasteiger partial charge in [-0.25, -0.2) is 4.79 Å². The van der Waals surface area contributed by atoms with E-state index in [1.807, 2.05) is 0 Å². The summed E-state index contributed by atoms with van der Waals surface area (Å²) in [5, 5.41) is 18.1. The number of hydrogen-bond donors (Lipinski definition) is 2. The van der Waals surface area contributed by atoms with Gasteiger partial charge in [0.15, 0.2) is 0 Å². The van der Waals surface area contributed by atoms with Gasteiger partial charge in [-0.2, -0.15) is 0 Å². The second kappa shape index (κ2) is 4.91. The number of rotatable bonds is 2. The zero-order valence-corrected chi connectivity index (χ0v) is 9.54. The van der Waals surface area contributed by atoms with Gasteiger partial charge in [-0.05, 0) is 24.7 Å². The Morgan fingerprint density at radius 3 is 2.29 bits per heavy atom. The van der Waals surface area contributed by atoms with Gasteiger partial charge in [-0.1, -0.05) is 0 Å². The molecule has 6 nitrogen and oxygen atoms in total. The van der Waals surface area contributed by atoms with Crippen LogP contribution in [-0.2, 0) is 9.53 Å². The molecule has 96 valence electrons. The van der Waals surface area contributed by atoms with Crippen molar-refractivity contribution >= 4 is 12.1 Å². The van der Waals surface area contributed by atoms with Crippen LogP contribution in [0.15, 0.2) is 0 Å². The molecule has 0 saturated carbocycles. The topological polar surface area (TPSA) is 87.1 Å². The molecule has 6 heteroatoms. The van der Waals surface area contributed by atoms with Gasteiger partial charge in [-0.3, -0.25) is 4.79 Å². The molecule has 2 fully saturated rings. The summed E-state index contributed by atoms with van der Waals surface area (Å²) in [6.07, 6.45) is 0.648. The van der Waals surface area contributed by atoms with Crippen LogP contribution in [0.4, 0.5) is 4.79 Å². The average molecular weight is 243 g/mol. The van der Waals surface area contributed by atoms with Gasteiger partial charge in [0.2, 0.25) is 0 Å². The van der Waals surface area contributed by atoms with Gasteiger partial charge in [0.05, 0.1) is 5.92 Å². The maximum absolute atomic E-state index is 11.2. The van der Waals surface area contributed by atoms with Crippen LogP contribution < -0.4 is 0 Å². The lowest BCUT2D eigenvalue weighted by molar-refractivity contribution is -0.143. The van der Waals surface area contributed by atoms with Crippen molar-refractivity contribution in [3.8, 4) is 0 Å². The molecule has 1 amide bonds. The minimum Gasteiger partial charge on any atom is -0.481 e. The fraction of sp³-hybridized carbons (Fsp3) is 0.818. The third-order valence-electron chi connectivity index (χ3n) is 3.82. The van der Waals surface area contributed by atoms with Crippen LogP contribution in [-0.4, -0.2) is 53.5 Å². The monoisotopic (exact) mass is 243 g/mol. The highest BCUT2D eigenvalue weighted by atomic mass is 16.5. The second-order valence-corrected chi connectivity index (χ2v) is 4.75. The van der Waals surface area contributed by atoms with Crippen molar-refractivity contribution in [1.29, 1.82) is 0 Å². The van der Waals surface area contributed by atoms with Gasteiger partial charge in [0.25, 0.3) is 0 Å². The summed E-state index contributed by atoms with van der Waals surface area (Å²) in [4.78, 5) is 23.3. The Balaban J connectivity index is 2.07. The summed E-state index contributed by atoms with van der Waals surface area (Å²) < 4.78 is 5.25. The molecule has 2 atom stereocenters. The van der Waals surface area contributed by atoms with Crippen molar-refractivity contribution < 1.29 is 24.5 Å². The van der Waals surface area contributed by atoms with Crippen LogP contribution >= 0.6 is 0 Å². The Bertz CT molecular complexity index is 313. The van der Waals surface area contributed by atoms with Gasteiger partial charge in [0.1, 0.15) is 0 Å². The average Bonchev–Trinajstić information content (AvgIpc) is 2.75. The van der Waals surface area contributed by atoms with E-state index in [9.17, 15) is 9.59 Å². The van der Waals surface area contributed by atoms with Crippen LogP contribution in [0.3, 0.4) is 0 Å².